The molecular weight excluding hydrogens is 256 g/mol. The summed E-state index contributed by atoms with van der Waals surface area (Å²) in [5.74, 6) is 0. The molecule has 0 aliphatic heterocycles. The van der Waals surface area contributed by atoms with Gasteiger partial charge in [-0.1, -0.05) is 0 Å². The Morgan fingerprint density at radius 1 is 1.20 bits per heavy atom. The average Bonchev–Trinajstić information content (AvgIpc) is 2.49. The lowest BCUT2D eigenvalue weighted by Crippen LogP contribution is -2.38. The molecule has 6 heteroatoms. The summed E-state index contributed by atoms with van der Waals surface area (Å²) in [5.41, 5.74) is 6.87. The van der Waals surface area contributed by atoms with Gasteiger partial charge in [-0.25, -0.2) is 9.97 Å². The molecule has 0 saturated carbocycles. The van der Waals surface area contributed by atoms with Crippen molar-refractivity contribution >= 4 is 0 Å². The highest BCUT2D eigenvalue weighted by atomic mass is 16.5. The van der Waals surface area contributed by atoms with Crippen LogP contribution in [0.1, 0.15) is 25.6 Å². The van der Waals surface area contributed by atoms with E-state index in [9.17, 15) is 0 Å². The second-order valence-corrected chi connectivity index (χ2v) is 4.32. The molecule has 1 unspecified atom stereocenters. The summed E-state index contributed by atoms with van der Waals surface area (Å²) in [7, 11) is 0. The van der Waals surface area contributed by atoms with Crippen molar-refractivity contribution in [2.45, 2.75) is 19.9 Å². The van der Waals surface area contributed by atoms with Crippen molar-refractivity contribution < 1.29 is 9.47 Å². The van der Waals surface area contributed by atoms with E-state index < -0.39 is 0 Å². The van der Waals surface area contributed by atoms with Gasteiger partial charge in [0.05, 0.1) is 24.9 Å². The molecule has 0 bridgehead atoms. The Morgan fingerprint density at radius 3 is 2.30 bits per heavy atom. The van der Waals surface area contributed by atoms with E-state index in [-0.39, 0.29) is 6.04 Å². The van der Waals surface area contributed by atoms with Crippen LogP contribution in [-0.2, 0) is 9.47 Å². The van der Waals surface area contributed by atoms with Gasteiger partial charge in [-0.15, -0.1) is 0 Å². The maximum atomic E-state index is 5.93. The minimum atomic E-state index is 0.0684. The van der Waals surface area contributed by atoms with Gasteiger partial charge in [-0.05, 0) is 19.9 Å². The van der Waals surface area contributed by atoms with Gasteiger partial charge in [0.1, 0.15) is 6.33 Å². The van der Waals surface area contributed by atoms with Gasteiger partial charge in [0.15, 0.2) is 0 Å². The largest absolute Gasteiger partial charge is 0.380 e. The standard InChI is InChI=1S/C14H26N4O2/c1-3-19-9-7-18(8-10-20-4-2)14(11-15)13-5-6-16-12-17-13/h5-6,12,14H,3-4,7-11,15H2,1-2H3. The summed E-state index contributed by atoms with van der Waals surface area (Å²) in [5, 5.41) is 0. The first-order chi connectivity index (χ1) is 9.83. The van der Waals surface area contributed by atoms with Crippen LogP contribution < -0.4 is 5.73 Å². The normalized spacial score (nSPS) is 12.8. The fourth-order valence-electron chi connectivity index (χ4n) is 2.03. The summed E-state index contributed by atoms with van der Waals surface area (Å²) < 4.78 is 10.9. The lowest BCUT2D eigenvalue weighted by atomic mass is 10.1. The number of nitrogens with zero attached hydrogens (tertiary/aromatic N) is 3. The first-order valence-corrected chi connectivity index (χ1v) is 7.18. The first kappa shape index (κ1) is 17.0. The van der Waals surface area contributed by atoms with Crippen molar-refractivity contribution in [1.29, 1.82) is 0 Å². The molecule has 20 heavy (non-hydrogen) atoms. The molecule has 0 aromatic carbocycles. The zero-order valence-electron chi connectivity index (χ0n) is 12.5. The SMILES string of the molecule is CCOCCN(CCOCC)C(CN)c1ccncn1. The molecule has 1 atom stereocenters. The number of hydrogen-bond donors (Lipinski definition) is 1. The van der Waals surface area contributed by atoms with Crippen molar-refractivity contribution in [3.05, 3.63) is 24.3 Å². The van der Waals surface area contributed by atoms with Crippen LogP contribution in [0.3, 0.4) is 0 Å². The van der Waals surface area contributed by atoms with Gasteiger partial charge in [0.2, 0.25) is 0 Å². The van der Waals surface area contributed by atoms with E-state index in [2.05, 4.69) is 14.9 Å². The summed E-state index contributed by atoms with van der Waals surface area (Å²) in [6.45, 7) is 8.94. The molecule has 0 aliphatic carbocycles. The molecule has 6 nitrogen and oxygen atoms in total. The summed E-state index contributed by atoms with van der Waals surface area (Å²) >= 11 is 0. The van der Waals surface area contributed by atoms with E-state index in [1.165, 1.54) is 0 Å². The van der Waals surface area contributed by atoms with Crippen molar-refractivity contribution in [2.75, 3.05) is 46.1 Å². The zero-order chi connectivity index (χ0) is 14.6. The molecule has 0 radical (unpaired) electrons. The Kier molecular flexibility index (Phi) is 9.06. The Morgan fingerprint density at radius 2 is 1.85 bits per heavy atom. The van der Waals surface area contributed by atoms with Crippen molar-refractivity contribution in [3.8, 4) is 0 Å². The number of aromatic nitrogens is 2. The van der Waals surface area contributed by atoms with E-state index in [1.54, 1.807) is 12.5 Å². The Bertz CT molecular complexity index is 327. The van der Waals surface area contributed by atoms with Gasteiger partial charge in [-0.3, -0.25) is 4.90 Å². The maximum Gasteiger partial charge on any atom is 0.115 e. The maximum absolute atomic E-state index is 5.93. The number of hydrogen-bond acceptors (Lipinski definition) is 6. The lowest BCUT2D eigenvalue weighted by Gasteiger charge is -2.30. The molecule has 0 fully saturated rings. The van der Waals surface area contributed by atoms with Crippen LogP contribution in [0.25, 0.3) is 0 Å². The zero-order valence-corrected chi connectivity index (χ0v) is 12.5. The summed E-state index contributed by atoms with van der Waals surface area (Å²) in [6, 6.07) is 1.98. The monoisotopic (exact) mass is 282 g/mol. The fraction of sp³-hybridized carbons (Fsp3) is 0.714. The molecule has 0 spiro atoms. The topological polar surface area (TPSA) is 73.5 Å². The number of ether oxygens (including phenoxy) is 2. The Hall–Kier alpha value is -1.08. The highest BCUT2D eigenvalue weighted by Crippen LogP contribution is 2.16. The van der Waals surface area contributed by atoms with Crippen LogP contribution in [0.5, 0.6) is 0 Å². The molecule has 2 N–H and O–H groups in total. The van der Waals surface area contributed by atoms with Crippen LogP contribution in [0.15, 0.2) is 18.6 Å². The Labute approximate surface area is 121 Å². The highest BCUT2D eigenvalue weighted by Gasteiger charge is 2.19. The third-order valence-corrected chi connectivity index (χ3v) is 3.06. The lowest BCUT2D eigenvalue weighted by molar-refractivity contribution is 0.0631. The van der Waals surface area contributed by atoms with Gasteiger partial charge < -0.3 is 15.2 Å². The second kappa shape index (κ2) is 10.7. The van der Waals surface area contributed by atoms with Crippen molar-refractivity contribution in [3.63, 3.8) is 0 Å². The molecule has 1 heterocycles. The van der Waals surface area contributed by atoms with Crippen LogP contribution in [0.4, 0.5) is 0 Å². The van der Waals surface area contributed by atoms with E-state index >= 15 is 0 Å². The molecule has 114 valence electrons. The molecule has 0 aliphatic rings. The van der Waals surface area contributed by atoms with Crippen molar-refractivity contribution in [2.24, 2.45) is 5.73 Å². The van der Waals surface area contributed by atoms with Crippen LogP contribution in [0.2, 0.25) is 0 Å². The summed E-state index contributed by atoms with van der Waals surface area (Å²) in [6.07, 6.45) is 3.30. The predicted molar refractivity (Wildman–Crippen MR) is 78.4 cm³/mol. The first-order valence-electron chi connectivity index (χ1n) is 7.18. The summed E-state index contributed by atoms with van der Waals surface area (Å²) in [4.78, 5) is 10.5. The number of nitrogens with two attached hydrogens (primary N) is 1. The quantitative estimate of drug-likeness (QED) is 0.607. The van der Waals surface area contributed by atoms with Crippen LogP contribution >= 0.6 is 0 Å². The third-order valence-electron chi connectivity index (χ3n) is 3.06. The molecule has 1 aromatic heterocycles. The third kappa shape index (κ3) is 5.92. The molecule has 1 rings (SSSR count). The average molecular weight is 282 g/mol. The molecule has 1 aromatic rings. The molecular formula is C14H26N4O2. The smallest absolute Gasteiger partial charge is 0.115 e. The molecule has 0 amide bonds. The fourth-order valence-corrected chi connectivity index (χ4v) is 2.03. The van der Waals surface area contributed by atoms with E-state index in [1.807, 2.05) is 19.9 Å². The minimum Gasteiger partial charge on any atom is -0.380 e. The van der Waals surface area contributed by atoms with Gasteiger partial charge in [0, 0.05) is 39.0 Å². The van der Waals surface area contributed by atoms with E-state index in [0.29, 0.717) is 19.8 Å². The highest BCUT2D eigenvalue weighted by molar-refractivity contribution is 5.05. The van der Waals surface area contributed by atoms with Gasteiger partial charge in [-0.2, -0.15) is 0 Å². The van der Waals surface area contributed by atoms with E-state index in [4.69, 9.17) is 15.2 Å². The van der Waals surface area contributed by atoms with Crippen LogP contribution in [-0.4, -0.2) is 60.9 Å². The van der Waals surface area contributed by atoms with Gasteiger partial charge >= 0.3 is 0 Å². The molecule has 0 saturated heterocycles. The van der Waals surface area contributed by atoms with Gasteiger partial charge in [0.25, 0.3) is 0 Å². The Balaban J connectivity index is 2.66. The van der Waals surface area contributed by atoms with Crippen LogP contribution in [0, 0.1) is 0 Å². The second-order valence-electron chi connectivity index (χ2n) is 4.32. The minimum absolute atomic E-state index is 0.0684. The van der Waals surface area contributed by atoms with E-state index in [0.717, 1.165) is 32.0 Å². The number of rotatable bonds is 11. The predicted octanol–water partition coefficient (Wildman–Crippen LogP) is 0.851. The van der Waals surface area contributed by atoms with Crippen molar-refractivity contribution in [1.82, 2.24) is 14.9 Å².